The maximum absolute atomic E-state index is 12.7. The lowest BCUT2D eigenvalue weighted by molar-refractivity contribution is 0.0950. The van der Waals surface area contributed by atoms with Crippen molar-refractivity contribution < 1.29 is 22.7 Å². The van der Waals surface area contributed by atoms with Crippen molar-refractivity contribution in [3.05, 3.63) is 83.4 Å². The number of amides is 1. The number of benzene rings is 3. The number of nitrogens with one attached hydrogen (secondary N) is 2. The van der Waals surface area contributed by atoms with Gasteiger partial charge in [-0.1, -0.05) is 29.8 Å². The van der Waals surface area contributed by atoms with E-state index < -0.39 is 10.0 Å². The van der Waals surface area contributed by atoms with Gasteiger partial charge in [-0.2, -0.15) is 0 Å². The molecule has 1 heterocycles. The molecule has 3 aromatic carbocycles. The molecule has 31 heavy (non-hydrogen) atoms. The number of carbonyl (C=O) groups excluding carboxylic acids is 1. The second-order valence-corrected chi connectivity index (χ2v) is 8.84. The summed E-state index contributed by atoms with van der Waals surface area (Å²) in [6.07, 6.45) is 0. The van der Waals surface area contributed by atoms with Crippen LogP contribution in [0.15, 0.2) is 71.6 Å². The molecule has 0 saturated heterocycles. The van der Waals surface area contributed by atoms with Gasteiger partial charge in [0.2, 0.25) is 0 Å². The van der Waals surface area contributed by atoms with E-state index >= 15 is 0 Å². The van der Waals surface area contributed by atoms with Crippen molar-refractivity contribution >= 4 is 21.6 Å². The smallest absolute Gasteiger partial charge is 0.261 e. The van der Waals surface area contributed by atoms with Crippen molar-refractivity contribution in [1.82, 2.24) is 5.32 Å². The molecule has 0 saturated carbocycles. The lowest BCUT2D eigenvalue weighted by Gasteiger charge is -2.19. The van der Waals surface area contributed by atoms with Crippen LogP contribution in [-0.4, -0.2) is 27.5 Å². The van der Waals surface area contributed by atoms with Gasteiger partial charge < -0.3 is 14.8 Å². The standard InChI is InChI=1S/C23H22N2O5S/c1-16-5-8-19(9-6-16)25-31(27,28)20-4-2-3-18(14-20)23(26)24-15-17-7-10-21-22(13-17)30-12-11-29-21/h2-10,13-14,25H,11-12,15H2,1H3,(H,24,26). The molecule has 0 radical (unpaired) electrons. The van der Waals surface area contributed by atoms with E-state index in [1.54, 1.807) is 30.3 Å². The van der Waals surface area contributed by atoms with Crippen LogP contribution in [0, 0.1) is 6.92 Å². The Bertz CT molecular complexity index is 1210. The van der Waals surface area contributed by atoms with E-state index in [9.17, 15) is 13.2 Å². The molecule has 0 fully saturated rings. The highest BCUT2D eigenvalue weighted by Gasteiger charge is 2.17. The van der Waals surface area contributed by atoms with Crippen molar-refractivity contribution in [2.24, 2.45) is 0 Å². The molecule has 1 aliphatic heterocycles. The summed E-state index contributed by atoms with van der Waals surface area (Å²) in [4.78, 5) is 12.6. The Balaban J connectivity index is 1.44. The third kappa shape index (κ3) is 4.97. The molecule has 1 aliphatic rings. The molecule has 160 valence electrons. The van der Waals surface area contributed by atoms with Gasteiger partial charge in [-0.05, 0) is 55.0 Å². The number of anilines is 1. The molecule has 3 aromatic rings. The first-order valence-electron chi connectivity index (χ1n) is 9.77. The zero-order valence-corrected chi connectivity index (χ0v) is 17.7. The lowest BCUT2D eigenvalue weighted by atomic mass is 10.1. The van der Waals surface area contributed by atoms with Crippen molar-refractivity contribution in [2.45, 2.75) is 18.4 Å². The molecule has 0 aliphatic carbocycles. The number of sulfonamides is 1. The van der Waals surface area contributed by atoms with Crippen LogP contribution < -0.4 is 19.5 Å². The topological polar surface area (TPSA) is 93.7 Å². The van der Waals surface area contributed by atoms with Crippen molar-refractivity contribution in [1.29, 1.82) is 0 Å². The first-order valence-corrected chi connectivity index (χ1v) is 11.3. The average Bonchev–Trinajstić information content (AvgIpc) is 2.79. The zero-order valence-electron chi connectivity index (χ0n) is 16.9. The van der Waals surface area contributed by atoms with Gasteiger partial charge in [0.1, 0.15) is 13.2 Å². The Hall–Kier alpha value is -3.52. The van der Waals surface area contributed by atoms with Gasteiger partial charge in [-0.25, -0.2) is 8.42 Å². The van der Waals surface area contributed by atoms with Crippen molar-refractivity contribution in [2.75, 3.05) is 17.9 Å². The number of ether oxygens (including phenoxy) is 2. The Morgan fingerprint density at radius 3 is 2.45 bits per heavy atom. The minimum absolute atomic E-state index is 0.0139. The van der Waals surface area contributed by atoms with Crippen LogP contribution in [0.5, 0.6) is 11.5 Å². The van der Waals surface area contributed by atoms with Gasteiger partial charge in [0, 0.05) is 17.8 Å². The van der Waals surface area contributed by atoms with E-state index in [1.165, 1.54) is 12.1 Å². The molecular formula is C23H22N2O5S. The number of rotatable bonds is 6. The molecule has 0 aromatic heterocycles. The molecule has 7 nitrogen and oxygen atoms in total. The van der Waals surface area contributed by atoms with Crippen LogP contribution in [-0.2, 0) is 16.6 Å². The number of fused-ring (bicyclic) bond motifs is 1. The maximum atomic E-state index is 12.7. The second-order valence-electron chi connectivity index (χ2n) is 7.16. The van der Waals surface area contributed by atoms with Crippen molar-refractivity contribution in [3.63, 3.8) is 0 Å². The molecule has 8 heteroatoms. The summed E-state index contributed by atoms with van der Waals surface area (Å²) in [5, 5.41) is 2.81. The van der Waals surface area contributed by atoms with Crippen LogP contribution >= 0.6 is 0 Å². The van der Waals surface area contributed by atoms with Crippen LogP contribution in [0.4, 0.5) is 5.69 Å². The third-order valence-corrected chi connectivity index (χ3v) is 6.15. The molecule has 2 N–H and O–H groups in total. The maximum Gasteiger partial charge on any atom is 0.261 e. The van der Waals surface area contributed by atoms with Crippen LogP contribution in [0.2, 0.25) is 0 Å². The quantitative estimate of drug-likeness (QED) is 0.614. The molecule has 1 amide bonds. The summed E-state index contributed by atoms with van der Waals surface area (Å²) >= 11 is 0. The highest BCUT2D eigenvalue weighted by Crippen LogP contribution is 2.30. The summed E-state index contributed by atoms with van der Waals surface area (Å²) in [5.41, 5.74) is 2.59. The minimum atomic E-state index is -3.82. The summed E-state index contributed by atoms with van der Waals surface area (Å²) in [6.45, 7) is 3.20. The van der Waals surface area contributed by atoms with Crippen LogP contribution in [0.1, 0.15) is 21.5 Å². The second kappa shape index (κ2) is 8.69. The van der Waals surface area contributed by atoms with E-state index in [4.69, 9.17) is 9.47 Å². The molecular weight excluding hydrogens is 416 g/mol. The summed E-state index contributed by atoms with van der Waals surface area (Å²) < 4.78 is 39.0. The Labute approximate surface area is 181 Å². The summed E-state index contributed by atoms with van der Waals surface area (Å²) in [7, 11) is -3.82. The Morgan fingerprint density at radius 2 is 1.68 bits per heavy atom. The van der Waals surface area contributed by atoms with E-state index in [0.717, 1.165) is 11.1 Å². The lowest BCUT2D eigenvalue weighted by Crippen LogP contribution is -2.23. The fourth-order valence-corrected chi connectivity index (χ4v) is 4.23. The van der Waals surface area contributed by atoms with Gasteiger partial charge in [0.05, 0.1) is 4.90 Å². The molecule has 4 rings (SSSR count). The predicted molar refractivity (Wildman–Crippen MR) is 117 cm³/mol. The van der Waals surface area contributed by atoms with E-state index in [-0.39, 0.29) is 22.9 Å². The SMILES string of the molecule is Cc1ccc(NS(=O)(=O)c2cccc(C(=O)NCc3ccc4c(c3)OCCO4)c2)cc1. The predicted octanol–water partition coefficient (Wildman–Crippen LogP) is 3.50. The normalized spacial score (nSPS) is 12.8. The summed E-state index contributed by atoms with van der Waals surface area (Å²) in [6, 6.07) is 18.4. The average molecular weight is 439 g/mol. The fourth-order valence-electron chi connectivity index (χ4n) is 3.12. The number of aryl methyl sites for hydroxylation is 1. The van der Waals surface area contributed by atoms with Gasteiger partial charge in [-0.15, -0.1) is 0 Å². The van der Waals surface area contributed by atoms with Gasteiger partial charge in [0.15, 0.2) is 11.5 Å². The van der Waals surface area contributed by atoms with Crippen LogP contribution in [0.3, 0.4) is 0 Å². The first-order chi connectivity index (χ1) is 14.9. The first kappa shape index (κ1) is 20.7. The number of carbonyl (C=O) groups is 1. The molecule has 0 atom stereocenters. The van der Waals surface area contributed by atoms with Crippen molar-refractivity contribution in [3.8, 4) is 11.5 Å². The van der Waals surface area contributed by atoms with Gasteiger partial charge in [-0.3, -0.25) is 9.52 Å². The highest BCUT2D eigenvalue weighted by atomic mass is 32.2. The number of hydrogen-bond donors (Lipinski definition) is 2. The van der Waals surface area contributed by atoms with E-state index in [1.807, 2.05) is 31.2 Å². The third-order valence-electron chi connectivity index (χ3n) is 4.77. The van der Waals surface area contributed by atoms with Gasteiger partial charge >= 0.3 is 0 Å². The number of hydrogen-bond acceptors (Lipinski definition) is 5. The molecule has 0 unspecified atom stereocenters. The molecule has 0 spiro atoms. The molecule has 0 bridgehead atoms. The zero-order chi connectivity index (χ0) is 21.8. The van der Waals surface area contributed by atoms with Crippen LogP contribution in [0.25, 0.3) is 0 Å². The Kier molecular flexibility index (Phi) is 5.81. The largest absolute Gasteiger partial charge is 0.486 e. The minimum Gasteiger partial charge on any atom is -0.486 e. The van der Waals surface area contributed by atoms with Gasteiger partial charge in [0.25, 0.3) is 15.9 Å². The highest BCUT2D eigenvalue weighted by molar-refractivity contribution is 7.92. The fraction of sp³-hybridized carbons (Fsp3) is 0.174. The summed E-state index contributed by atoms with van der Waals surface area (Å²) in [5.74, 6) is 0.954. The van der Waals surface area contributed by atoms with E-state index in [0.29, 0.717) is 30.4 Å². The van der Waals surface area contributed by atoms with E-state index in [2.05, 4.69) is 10.0 Å². The monoisotopic (exact) mass is 438 g/mol. The Morgan fingerprint density at radius 1 is 0.935 bits per heavy atom.